The monoisotopic (exact) mass is 295 g/mol. The van der Waals surface area contributed by atoms with Crippen LogP contribution in [0.4, 0.5) is 4.39 Å². The minimum atomic E-state index is -0.272. The van der Waals surface area contributed by atoms with Gasteiger partial charge in [0.05, 0.1) is 4.47 Å². The smallest absolute Gasteiger partial charge is 0.233 e. The molecule has 2 aromatic rings. The summed E-state index contributed by atoms with van der Waals surface area (Å²) >= 11 is 3.38. The molecule has 0 bridgehead atoms. The molecule has 0 saturated carbocycles. The first-order chi connectivity index (χ1) is 8.06. The number of hydrogen-bond donors (Lipinski definition) is 0. The van der Waals surface area contributed by atoms with Crippen molar-refractivity contribution in [1.82, 2.24) is 4.98 Å². The van der Waals surface area contributed by atoms with E-state index in [0.29, 0.717) is 11.6 Å². The fourth-order valence-corrected chi connectivity index (χ4v) is 1.97. The summed E-state index contributed by atoms with van der Waals surface area (Å²) in [6, 6.07) is 6.31. The van der Waals surface area contributed by atoms with Crippen LogP contribution in [-0.2, 0) is 0 Å². The maximum Gasteiger partial charge on any atom is 0.233 e. The predicted octanol–water partition coefficient (Wildman–Crippen LogP) is 4.39. The molecule has 1 aromatic heterocycles. The van der Waals surface area contributed by atoms with Crippen molar-refractivity contribution in [2.24, 2.45) is 0 Å². The van der Waals surface area contributed by atoms with Gasteiger partial charge in [0, 0.05) is 6.20 Å². The zero-order valence-electron chi connectivity index (χ0n) is 9.50. The maximum absolute atomic E-state index is 12.9. The average Bonchev–Trinajstić information content (AvgIpc) is 2.25. The summed E-state index contributed by atoms with van der Waals surface area (Å²) in [5, 5.41) is 0. The second-order valence-corrected chi connectivity index (χ2v) is 4.67. The number of aromatic nitrogens is 1. The van der Waals surface area contributed by atoms with E-state index in [1.54, 1.807) is 19.2 Å². The fourth-order valence-electron chi connectivity index (χ4n) is 1.43. The Hall–Kier alpha value is -1.42. The zero-order valence-corrected chi connectivity index (χ0v) is 11.1. The lowest BCUT2D eigenvalue weighted by Gasteiger charge is -2.09. The summed E-state index contributed by atoms with van der Waals surface area (Å²) in [7, 11) is 0. The van der Waals surface area contributed by atoms with Gasteiger partial charge < -0.3 is 4.74 Å². The molecule has 2 nitrogen and oxygen atoms in total. The minimum absolute atomic E-state index is 0.272. The topological polar surface area (TPSA) is 22.1 Å². The van der Waals surface area contributed by atoms with Crippen LogP contribution in [0.15, 0.2) is 34.9 Å². The molecule has 0 N–H and O–H groups in total. The minimum Gasteiger partial charge on any atom is -0.438 e. The van der Waals surface area contributed by atoms with E-state index in [4.69, 9.17) is 4.74 Å². The fraction of sp³-hybridized carbons (Fsp3) is 0.154. The molecule has 0 aliphatic carbocycles. The molecule has 17 heavy (non-hydrogen) atoms. The van der Waals surface area contributed by atoms with Gasteiger partial charge in [0.25, 0.3) is 0 Å². The zero-order chi connectivity index (χ0) is 12.4. The lowest BCUT2D eigenvalue weighted by molar-refractivity contribution is 0.454. The molecule has 0 spiro atoms. The van der Waals surface area contributed by atoms with Gasteiger partial charge in [0.2, 0.25) is 5.88 Å². The Balaban J connectivity index is 2.31. The Morgan fingerprint density at radius 3 is 2.65 bits per heavy atom. The Bertz CT molecular complexity index is 508. The van der Waals surface area contributed by atoms with Crippen molar-refractivity contribution in [2.75, 3.05) is 0 Å². The lowest BCUT2D eigenvalue weighted by atomic mass is 10.2. The molecule has 0 unspecified atom stereocenters. The molecule has 0 saturated heterocycles. The van der Waals surface area contributed by atoms with Crippen LogP contribution in [0.1, 0.15) is 11.1 Å². The van der Waals surface area contributed by atoms with Gasteiger partial charge in [0.1, 0.15) is 11.6 Å². The van der Waals surface area contributed by atoms with E-state index in [-0.39, 0.29) is 5.82 Å². The van der Waals surface area contributed by atoms with Gasteiger partial charge >= 0.3 is 0 Å². The summed E-state index contributed by atoms with van der Waals surface area (Å²) in [6.45, 7) is 3.74. The van der Waals surface area contributed by atoms with Gasteiger partial charge in [-0.1, -0.05) is 0 Å². The highest BCUT2D eigenvalue weighted by Crippen LogP contribution is 2.29. The first kappa shape index (κ1) is 12.0. The van der Waals surface area contributed by atoms with Crippen molar-refractivity contribution >= 4 is 15.9 Å². The van der Waals surface area contributed by atoms with Crippen LogP contribution in [-0.4, -0.2) is 4.98 Å². The average molecular weight is 296 g/mol. The van der Waals surface area contributed by atoms with Gasteiger partial charge in [-0.25, -0.2) is 9.37 Å². The van der Waals surface area contributed by atoms with Crippen LogP contribution < -0.4 is 4.74 Å². The molecule has 1 aromatic carbocycles. The SMILES string of the molecule is Cc1cnc(Oc2ccc(F)cc2C)c(Br)c1. The summed E-state index contributed by atoms with van der Waals surface area (Å²) in [4.78, 5) is 4.17. The summed E-state index contributed by atoms with van der Waals surface area (Å²) in [5.74, 6) is 0.805. The molecule has 88 valence electrons. The number of hydrogen-bond acceptors (Lipinski definition) is 2. The second kappa shape index (κ2) is 4.84. The molecule has 0 aliphatic rings. The standard InChI is InChI=1S/C13H11BrFNO/c1-8-5-11(14)13(16-7-8)17-12-4-3-10(15)6-9(12)2/h3-7H,1-2H3. The Morgan fingerprint density at radius 2 is 2.00 bits per heavy atom. The second-order valence-electron chi connectivity index (χ2n) is 3.81. The number of rotatable bonds is 2. The molecule has 0 atom stereocenters. The quantitative estimate of drug-likeness (QED) is 0.820. The van der Waals surface area contributed by atoms with E-state index in [2.05, 4.69) is 20.9 Å². The van der Waals surface area contributed by atoms with Gasteiger partial charge in [-0.15, -0.1) is 0 Å². The van der Waals surface area contributed by atoms with E-state index < -0.39 is 0 Å². The van der Waals surface area contributed by atoms with E-state index in [0.717, 1.165) is 15.6 Å². The Morgan fingerprint density at radius 1 is 1.24 bits per heavy atom. The van der Waals surface area contributed by atoms with E-state index >= 15 is 0 Å². The molecule has 0 aliphatic heterocycles. The van der Waals surface area contributed by atoms with Crippen molar-refractivity contribution in [3.05, 3.63) is 51.9 Å². The number of ether oxygens (including phenoxy) is 1. The number of nitrogens with zero attached hydrogens (tertiary/aromatic N) is 1. The number of pyridine rings is 1. The van der Waals surface area contributed by atoms with E-state index in [9.17, 15) is 4.39 Å². The van der Waals surface area contributed by atoms with Crippen LogP contribution >= 0.6 is 15.9 Å². The summed E-state index contributed by atoms with van der Waals surface area (Å²) in [6.07, 6.45) is 1.72. The number of benzene rings is 1. The molecule has 4 heteroatoms. The lowest BCUT2D eigenvalue weighted by Crippen LogP contribution is -1.92. The van der Waals surface area contributed by atoms with Gasteiger partial charge in [-0.05, 0) is 65.2 Å². The maximum atomic E-state index is 12.9. The van der Waals surface area contributed by atoms with Crippen LogP contribution in [0.5, 0.6) is 11.6 Å². The summed E-state index contributed by atoms with van der Waals surface area (Å²) < 4.78 is 19.3. The third kappa shape index (κ3) is 2.82. The van der Waals surface area contributed by atoms with Crippen molar-refractivity contribution < 1.29 is 9.13 Å². The number of aryl methyl sites for hydroxylation is 2. The first-order valence-electron chi connectivity index (χ1n) is 5.12. The van der Waals surface area contributed by atoms with Crippen molar-refractivity contribution in [3.8, 4) is 11.6 Å². The molecule has 0 fully saturated rings. The Labute approximate surface area is 108 Å². The Kier molecular flexibility index (Phi) is 3.43. The molecule has 1 heterocycles. The van der Waals surface area contributed by atoms with Gasteiger partial charge in [0.15, 0.2) is 0 Å². The molecular formula is C13H11BrFNO. The van der Waals surface area contributed by atoms with Crippen LogP contribution in [0.2, 0.25) is 0 Å². The van der Waals surface area contributed by atoms with E-state index in [1.165, 1.54) is 12.1 Å². The highest BCUT2D eigenvalue weighted by molar-refractivity contribution is 9.10. The van der Waals surface area contributed by atoms with E-state index in [1.807, 2.05) is 13.0 Å². The highest BCUT2D eigenvalue weighted by Gasteiger charge is 2.07. The predicted molar refractivity (Wildman–Crippen MR) is 67.9 cm³/mol. The molecule has 0 amide bonds. The van der Waals surface area contributed by atoms with Gasteiger partial charge in [-0.3, -0.25) is 0 Å². The third-order valence-corrected chi connectivity index (χ3v) is 2.86. The normalized spacial score (nSPS) is 10.4. The number of halogens is 2. The molecule has 2 rings (SSSR count). The van der Waals surface area contributed by atoms with Crippen LogP contribution in [0.3, 0.4) is 0 Å². The summed E-state index contributed by atoms with van der Waals surface area (Å²) in [5.41, 5.74) is 1.78. The van der Waals surface area contributed by atoms with Crippen LogP contribution in [0, 0.1) is 19.7 Å². The van der Waals surface area contributed by atoms with Gasteiger partial charge in [-0.2, -0.15) is 0 Å². The third-order valence-electron chi connectivity index (χ3n) is 2.29. The van der Waals surface area contributed by atoms with Crippen LogP contribution in [0.25, 0.3) is 0 Å². The largest absolute Gasteiger partial charge is 0.438 e. The van der Waals surface area contributed by atoms with Crippen molar-refractivity contribution in [3.63, 3.8) is 0 Å². The molecule has 0 radical (unpaired) electrons. The molecular weight excluding hydrogens is 285 g/mol. The highest BCUT2D eigenvalue weighted by atomic mass is 79.9. The first-order valence-corrected chi connectivity index (χ1v) is 5.92. The van der Waals surface area contributed by atoms with Crippen molar-refractivity contribution in [1.29, 1.82) is 0 Å². The van der Waals surface area contributed by atoms with Crippen molar-refractivity contribution in [2.45, 2.75) is 13.8 Å².